The Kier molecular flexibility index (Phi) is 4.23. The second-order valence-corrected chi connectivity index (χ2v) is 5.83. The van der Waals surface area contributed by atoms with E-state index in [-0.39, 0.29) is 5.69 Å². The first-order chi connectivity index (χ1) is 10.1. The van der Waals surface area contributed by atoms with Crippen molar-refractivity contribution in [3.8, 4) is 0 Å². The van der Waals surface area contributed by atoms with E-state index in [0.29, 0.717) is 16.9 Å². The number of anilines is 1. The molecule has 8 heteroatoms. The smallest absolute Gasteiger partial charge is 0.289 e. The molecule has 0 aromatic carbocycles. The number of aromatic nitrogens is 1. The van der Waals surface area contributed by atoms with Gasteiger partial charge in [-0.3, -0.25) is 15.0 Å². The number of nitrogens with zero attached hydrogens (tertiary/aromatic N) is 4. The van der Waals surface area contributed by atoms with Crippen molar-refractivity contribution >= 4 is 23.1 Å². The molecule has 0 radical (unpaired) electrons. The summed E-state index contributed by atoms with van der Waals surface area (Å²) in [4.78, 5) is 19.0. The number of rotatable bonds is 3. The number of pyridine rings is 1. The fourth-order valence-electron chi connectivity index (χ4n) is 3.00. The normalized spacial score (nSPS) is 23.5. The van der Waals surface area contributed by atoms with Gasteiger partial charge in [0.05, 0.1) is 9.95 Å². The summed E-state index contributed by atoms with van der Waals surface area (Å²) < 4.78 is 0. The average Bonchev–Trinajstić information content (AvgIpc) is 3.01. The lowest BCUT2D eigenvalue weighted by atomic mass is 10.2. The van der Waals surface area contributed by atoms with E-state index in [1.54, 1.807) is 0 Å². The van der Waals surface area contributed by atoms with Gasteiger partial charge in [0.25, 0.3) is 5.69 Å². The summed E-state index contributed by atoms with van der Waals surface area (Å²) in [5.74, 6) is 0.645. The van der Waals surface area contributed by atoms with Crippen LogP contribution in [0.1, 0.15) is 6.42 Å². The van der Waals surface area contributed by atoms with Crippen LogP contribution in [0, 0.1) is 10.1 Å². The van der Waals surface area contributed by atoms with Crippen molar-refractivity contribution in [1.29, 1.82) is 0 Å². The first kappa shape index (κ1) is 14.5. The number of piperazine rings is 1. The first-order valence-electron chi connectivity index (χ1n) is 7.15. The molecular weight excluding hydrogens is 294 g/mol. The zero-order valence-electron chi connectivity index (χ0n) is 11.7. The monoisotopic (exact) mass is 311 g/mol. The van der Waals surface area contributed by atoms with Gasteiger partial charge < -0.3 is 10.2 Å². The largest absolute Gasteiger partial charge is 0.353 e. The number of nitro groups is 1. The Labute approximate surface area is 128 Å². The molecule has 1 atom stereocenters. The summed E-state index contributed by atoms with van der Waals surface area (Å²) in [6.45, 7) is 5.81. The fraction of sp³-hybridized carbons (Fsp3) is 0.615. The van der Waals surface area contributed by atoms with Crippen LogP contribution in [0.25, 0.3) is 0 Å². The van der Waals surface area contributed by atoms with E-state index in [9.17, 15) is 10.1 Å². The molecule has 1 aromatic heterocycles. The van der Waals surface area contributed by atoms with Gasteiger partial charge in [0, 0.05) is 44.8 Å². The predicted molar refractivity (Wildman–Crippen MR) is 81.0 cm³/mol. The van der Waals surface area contributed by atoms with Crippen LogP contribution in [-0.2, 0) is 0 Å². The third-order valence-corrected chi connectivity index (χ3v) is 4.46. The van der Waals surface area contributed by atoms with Crippen LogP contribution in [0.3, 0.4) is 0 Å². The minimum Gasteiger partial charge on any atom is -0.353 e. The quantitative estimate of drug-likeness (QED) is 0.666. The Morgan fingerprint density at radius 3 is 2.71 bits per heavy atom. The molecule has 2 saturated heterocycles. The van der Waals surface area contributed by atoms with Gasteiger partial charge in [0.2, 0.25) is 0 Å². The summed E-state index contributed by atoms with van der Waals surface area (Å²) in [5, 5.41) is 14.4. The second kappa shape index (κ2) is 6.13. The molecule has 3 rings (SSSR count). The van der Waals surface area contributed by atoms with E-state index in [4.69, 9.17) is 11.6 Å². The van der Waals surface area contributed by atoms with Crippen molar-refractivity contribution in [1.82, 2.24) is 15.2 Å². The van der Waals surface area contributed by atoms with Crippen LogP contribution in [0.4, 0.5) is 11.5 Å². The van der Waals surface area contributed by atoms with Crippen molar-refractivity contribution in [3.63, 3.8) is 0 Å². The average molecular weight is 312 g/mol. The maximum absolute atomic E-state index is 10.7. The highest BCUT2D eigenvalue weighted by Crippen LogP contribution is 2.28. The molecule has 2 fully saturated rings. The summed E-state index contributed by atoms with van der Waals surface area (Å²) in [5.41, 5.74) is -0.0700. The van der Waals surface area contributed by atoms with Crippen LogP contribution < -0.4 is 10.2 Å². The minimum atomic E-state index is -0.478. The maximum Gasteiger partial charge on any atom is 0.289 e. The molecule has 0 aliphatic carbocycles. The van der Waals surface area contributed by atoms with E-state index in [0.717, 1.165) is 39.3 Å². The van der Waals surface area contributed by atoms with E-state index in [2.05, 4.69) is 20.1 Å². The van der Waals surface area contributed by atoms with Crippen LogP contribution in [0.5, 0.6) is 0 Å². The standard InChI is InChI=1S/C13H18ClN5O2/c14-12-7-11(19(20)21)9-16-13(12)18-5-3-17(4-6-18)10-1-2-15-8-10/h7,9-10,15H,1-6,8H2. The van der Waals surface area contributed by atoms with Crippen LogP contribution >= 0.6 is 11.6 Å². The van der Waals surface area contributed by atoms with E-state index < -0.39 is 4.92 Å². The molecule has 0 saturated carbocycles. The maximum atomic E-state index is 10.7. The third-order valence-electron chi connectivity index (χ3n) is 4.18. The van der Waals surface area contributed by atoms with Crippen molar-refractivity contribution in [2.75, 3.05) is 44.2 Å². The van der Waals surface area contributed by atoms with Gasteiger partial charge in [0.15, 0.2) is 0 Å². The summed E-state index contributed by atoms with van der Waals surface area (Å²) in [6.07, 6.45) is 2.48. The molecule has 0 spiro atoms. The first-order valence-corrected chi connectivity index (χ1v) is 7.52. The van der Waals surface area contributed by atoms with Gasteiger partial charge in [-0.2, -0.15) is 0 Å². The molecule has 3 heterocycles. The third kappa shape index (κ3) is 3.09. The molecule has 1 unspecified atom stereocenters. The van der Waals surface area contributed by atoms with E-state index in [1.807, 2.05) is 0 Å². The molecular formula is C13H18ClN5O2. The van der Waals surface area contributed by atoms with Crippen LogP contribution in [-0.4, -0.2) is 60.1 Å². The van der Waals surface area contributed by atoms with E-state index >= 15 is 0 Å². The van der Waals surface area contributed by atoms with Gasteiger partial charge in [-0.1, -0.05) is 11.6 Å². The molecule has 0 bridgehead atoms. The van der Waals surface area contributed by atoms with Gasteiger partial charge in [0.1, 0.15) is 12.0 Å². The van der Waals surface area contributed by atoms with Crippen LogP contribution in [0.2, 0.25) is 5.02 Å². The molecule has 2 aliphatic heterocycles. The van der Waals surface area contributed by atoms with Crippen molar-refractivity contribution in [2.24, 2.45) is 0 Å². The van der Waals surface area contributed by atoms with Crippen molar-refractivity contribution in [2.45, 2.75) is 12.5 Å². The SMILES string of the molecule is O=[N+]([O-])c1cnc(N2CCN(C3CCNC3)CC2)c(Cl)c1. The Morgan fingerprint density at radius 2 is 2.14 bits per heavy atom. The van der Waals surface area contributed by atoms with Gasteiger partial charge in [-0.25, -0.2) is 4.98 Å². The highest BCUT2D eigenvalue weighted by Gasteiger charge is 2.27. The minimum absolute atomic E-state index is 0.0700. The lowest BCUT2D eigenvalue weighted by Crippen LogP contribution is -2.51. The molecule has 21 heavy (non-hydrogen) atoms. The van der Waals surface area contributed by atoms with Gasteiger partial charge in [-0.15, -0.1) is 0 Å². The topological polar surface area (TPSA) is 74.5 Å². The molecule has 7 nitrogen and oxygen atoms in total. The second-order valence-electron chi connectivity index (χ2n) is 5.43. The molecule has 2 aliphatic rings. The Hall–Kier alpha value is -1.44. The van der Waals surface area contributed by atoms with Crippen molar-refractivity contribution < 1.29 is 4.92 Å². The molecule has 1 N–H and O–H groups in total. The fourth-order valence-corrected chi connectivity index (χ4v) is 3.28. The molecule has 114 valence electrons. The lowest BCUT2D eigenvalue weighted by molar-refractivity contribution is -0.385. The zero-order chi connectivity index (χ0) is 14.8. The Balaban J connectivity index is 1.65. The highest BCUT2D eigenvalue weighted by molar-refractivity contribution is 6.33. The number of halogens is 1. The molecule has 1 aromatic rings. The molecule has 0 amide bonds. The summed E-state index contributed by atoms with van der Waals surface area (Å²) >= 11 is 6.14. The zero-order valence-corrected chi connectivity index (χ0v) is 12.4. The Bertz CT molecular complexity index is 527. The lowest BCUT2D eigenvalue weighted by Gasteiger charge is -2.38. The van der Waals surface area contributed by atoms with E-state index in [1.165, 1.54) is 18.7 Å². The summed E-state index contributed by atoms with van der Waals surface area (Å²) in [7, 11) is 0. The highest BCUT2D eigenvalue weighted by atomic mass is 35.5. The number of hydrogen-bond donors (Lipinski definition) is 1. The van der Waals surface area contributed by atoms with Crippen LogP contribution in [0.15, 0.2) is 12.3 Å². The van der Waals surface area contributed by atoms with Gasteiger partial charge in [-0.05, 0) is 13.0 Å². The van der Waals surface area contributed by atoms with Crippen molar-refractivity contribution in [3.05, 3.63) is 27.4 Å². The van der Waals surface area contributed by atoms with Gasteiger partial charge >= 0.3 is 0 Å². The summed E-state index contributed by atoms with van der Waals surface area (Å²) in [6, 6.07) is 2.00. The number of hydrogen-bond acceptors (Lipinski definition) is 6. The number of nitrogens with one attached hydrogen (secondary N) is 1. The Morgan fingerprint density at radius 1 is 1.38 bits per heavy atom. The predicted octanol–water partition coefficient (Wildman–Crippen LogP) is 1.13.